The molecule has 0 radical (unpaired) electrons. The van der Waals surface area contributed by atoms with Crippen LogP contribution in [0.5, 0.6) is 0 Å². The topological polar surface area (TPSA) is 111 Å². The Balaban J connectivity index is 2.33. The number of carbonyl (C=O) groups is 2. The highest BCUT2D eigenvalue weighted by molar-refractivity contribution is 7.92. The molecule has 0 aliphatic rings. The number of methoxy groups -OCH3 is 2. The van der Waals surface area contributed by atoms with Crippen LogP contribution in [0.15, 0.2) is 47.4 Å². The van der Waals surface area contributed by atoms with Gasteiger partial charge in [0.25, 0.3) is 15.9 Å². The number of para-hydroxylation sites is 1. The zero-order valence-electron chi connectivity index (χ0n) is 15.8. The van der Waals surface area contributed by atoms with E-state index in [-0.39, 0.29) is 21.7 Å². The Morgan fingerprint density at radius 2 is 1.75 bits per heavy atom. The van der Waals surface area contributed by atoms with Crippen LogP contribution in [0, 0.1) is 6.92 Å². The fourth-order valence-electron chi connectivity index (χ4n) is 2.44. The molecule has 0 fully saturated rings. The summed E-state index contributed by atoms with van der Waals surface area (Å²) in [6.45, 7) is 2.35. The van der Waals surface area contributed by atoms with Crippen molar-refractivity contribution in [3.05, 3.63) is 59.2 Å². The number of ether oxygens (including phenoxy) is 2. The Labute approximate surface area is 163 Å². The minimum absolute atomic E-state index is 0.0817. The van der Waals surface area contributed by atoms with Gasteiger partial charge in [-0.05, 0) is 36.8 Å². The second kappa shape index (κ2) is 9.34. The van der Waals surface area contributed by atoms with Gasteiger partial charge in [-0.3, -0.25) is 9.52 Å². The van der Waals surface area contributed by atoms with E-state index in [0.29, 0.717) is 18.7 Å². The number of carbonyl (C=O) groups excluding carboxylic acids is 2. The number of esters is 1. The van der Waals surface area contributed by atoms with Gasteiger partial charge >= 0.3 is 5.97 Å². The van der Waals surface area contributed by atoms with E-state index in [0.717, 1.165) is 0 Å². The Morgan fingerprint density at radius 3 is 2.43 bits per heavy atom. The molecule has 0 spiro atoms. The first-order valence-electron chi connectivity index (χ1n) is 8.38. The van der Waals surface area contributed by atoms with E-state index >= 15 is 0 Å². The van der Waals surface area contributed by atoms with Crippen LogP contribution in [-0.4, -0.2) is 47.7 Å². The molecule has 0 saturated heterocycles. The van der Waals surface area contributed by atoms with Crippen molar-refractivity contribution in [2.75, 3.05) is 32.1 Å². The summed E-state index contributed by atoms with van der Waals surface area (Å²) in [4.78, 5) is 24.1. The Bertz CT molecular complexity index is 972. The molecule has 0 atom stereocenters. The average molecular weight is 406 g/mol. The number of aryl methyl sites for hydroxylation is 1. The summed E-state index contributed by atoms with van der Waals surface area (Å²) in [5.41, 5.74) is 1.03. The number of rotatable bonds is 8. The lowest BCUT2D eigenvalue weighted by molar-refractivity contribution is 0.0601. The normalized spacial score (nSPS) is 11.0. The van der Waals surface area contributed by atoms with Gasteiger partial charge in [0, 0.05) is 19.2 Å². The third-order valence-electron chi connectivity index (χ3n) is 3.93. The first-order chi connectivity index (χ1) is 13.3. The van der Waals surface area contributed by atoms with Crippen LogP contribution in [0.25, 0.3) is 0 Å². The maximum Gasteiger partial charge on any atom is 0.339 e. The minimum atomic E-state index is -4.04. The molecule has 0 saturated carbocycles. The summed E-state index contributed by atoms with van der Waals surface area (Å²) in [6, 6.07) is 10.3. The number of nitrogens with one attached hydrogen (secondary N) is 2. The number of anilines is 1. The van der Waals surface area contributed by atoms with Crippen molar-refractivity contribution in [2.24, 2.45) is 0 Å². The number of hydrogen-bond donors (Lipinski definition) is 2. The Kier molecular flexibility index (Phi) is 7.13. The lowest BCUT2D eigenvalue weighted by atomic mass is 10.1. The molecule has 0 aliphatic carbocycles. The summed E-state index contributed by atoms with van der Waals surface area (Å²) in [5, 5.41) is 2.66. The Hall–Kier alpha value is -2.91. The minimum Gasteiger partial charge on any atom is -0.465 e. The summed E-state index contributed by atoms with van der Waals surface area (Å²) in [5.74, 6) is -1.07. The standard InChI is InChI=1S/C19H22N2O6S/c1-13-8-9-14(12-16(13)18(22)20-10-11-26-2)28(24,25)21-17-7-5-4-6-15(17)19(23)27-3/h4-9,12,21H,10-11H2,1-3H3,(H,20,22). The molecule has 0 aliphatic heterocycles. The highest BCUT2D eigenvalue weighted by atomic mass is 32.2. The lowest BCUT2D eigenvalue weighted by Gasteiger charge is -2.13. The molecule has 0 heterocycles. The van der Waals surface area contributed by atoms with Crippen LogP contribution in [0.4, 0.5) is 5.69 Å². The van der Waals surface area contributed by atoms with Crippen molar-refractivity contribution in [2.45, 2.75) is 11.8 Å². The zero-order chi connectivity index (χ0) is 20.7. The van der Waals surface area contributed by atoms with E-state index in [4.69, 9.17) is 4.74 Å². The predicted octanol–water partition coefficient (Wildman–Crippen LogP) is 1.96. The maximum atomic E-state index is 12.8. The number of amides is 1. The molecular weight excluding hydrogens is 384 g/mol. The van der Waals surface area contributed by atoms with Gasteiger partial charge in [0.2, 0.25) is 0 Å². The van der Waals surface area contributed by atoms with Crippen molar-refractivity contribution < 1.29 is 27.5 Å². The molecule has 2 aromatic rings. The van der Waals surface area contributed by atoms with Crippen molar-refractivity contribution in [3.8, 4) is 0 Å². The molecule has 28 heavy (non-hydrogen) atoms. The molecule has 0 aromatic heterocycles. The zero-order valence-corrected chi connectivity index (χ0v) is 16.6. The van der Waals surface area contributed by atoms with Gasteiger partial charge in [0.05, 0.1) is 29.9 Å². The van der Waals surface area contributed by atoms with Gasteiger partial charge in [-0.25, -0.2) is 13.2 Å². The molecule has 9 heteroatoms. The van der Waals surface area contributed by atoms with Gasteiger partial charge in [-0.1, -0.05) is 18.2 Å². The molecule has 1 amide bonds. The molecule has 2 aromatic carbocycles. The molecule has 8 nitrogen and oxygen atoms in total. The average Bonchev–Trinajstić information content (AvgIpc) is 2.67. The van der Waals surface area contributed by atoms with Crippen molar-refractivity contribution in [3.63, 3.8) is 0 Å². The Morgan fingerprint density at radius 1 is 1.04 bits per heavy atom. The first-order valence-corrected chi connectivity index (χ1v) is 9.86. The molecule has 150 valence electrons. The van der Waals surface area contributed by atoms with Crippen LogP contribution in [0.1, 0.15) is 26.3 Å². The van der Waals surface area contributed by atoms with Crippen LogP contribution in [0.3, 0.4) is 0 Å². The number of sulfonamides is 1. The summed E-state index contributed by atoms with van der Waals surface area (Å²) >= 11 is 0. The fourth-order valence-corrected chi connectivity index (χ4v) is 3.54. The molecule has 0 bridgehead atoms. The molecule has 0 unspecified atom stereocenters. The largest absolute Gasteiger partial charge is 0.465 e. The van der Waals surface area contributed by atoms with E-state index in [9.17, 15) is 18.0 Å². The van der Waals surface area contributed by atoms with Gasteiger partial charge in [-0.2, -0.15) is 0 Å². The highest BCUT2D eigenvalue weighted by Crippen LogP contribution is 2.22. The van der Waals surface area contributed by atoms with Crippen molar-refractivity contribution in [1.29, 1.82) is 0 Å². The quantitative estimate of drug-likeness (QED) is 0.512. The van der Waals surface area contributed by atoms with Crippen LogP contribution >= 0.6 is 0 Å². The van der Waals surface area contributed by atoms with E-state index in [1.54, 1.807) is 25.1 Å². The third kappa shape index (κ3) is 5.08. The van der Waals surface area contributed by atoms with Gasteiger partial charge < -0.3 is 14.8 Å². The smallest absolute Gasteiger partial charge is 0.339 e. The van der Waals surface area contributed by atoms with Crippen LogP contribution in [0.2, 0.25) is 0 Å². The summed E-state index contributed by atoms with van der Waals surface area (Å²) < 4.78 is 37.5. The van der Waals surface area contributed by atoms with Crippen molar-refractivity contribution >= 4 is 27.6 Å². The fraction of sp³-hybridized carbons (Fsp3) is 0.263. The molecular formula is C19H22N2O6S. The third-order valence-corrected chi connectivity index (χ3v) is 5.30. The molecule has 2 N–H and O–H groups in total. The van der Waals surface area contributed by atoms with E-state index in [2.05, 4.69) is 14.8 Å². The second-order valence-corrected chi connectivity index (χ2v) is 7.55. The van der Waals surface area contributed by atoms with Gasteiger partial charge in [0.1, 0.15) is 0 Å². The van der Waals surface area contributed by atoms with Crippen LogP contribution < -0.4 is 10.0 Å². The lowest BCUT2D eigenvalue weighted by Crippen LogP contribution is -2.28. The summed E-state index contributed by atoms with van der Waals surface area (Å²) in [7, 11) is -1.31. The predicted molar refractivity (Wildman–Crippen MR) is 104 cm³/mol. The van der Waals surface area contributed by atoms with Crippen molar-refractivity contribution in [1.82, 2.24) is 5.32 Å². The monoisotopic (exact) mass is 406 g/mol. The highest BCUT2D eigenvalue weighted by Gasteiger charge is 2.21. The number of hydrogen-bond acceptors (Lipinski definition) is 6. The van der Waals surface area contributed by atoms with E-state index < -0.39 is 21.9 Å². The summed E-state index contributed by atoms with van der Waals surface area (Å²) in [6.07, 6.45) is 0. The maximum absolute atomic E-state index is 12.8. The van der Waals surface area contributed by atoms with E-state index in [1.165, 1.54) is 38.5 Å². The second-order valence-electron chi connectivity index (χ2n) is 5.87. The molecule has 2 rings (SSSR count). The van der Waals surface area contributed by atoms with Gasteiger partial charge in [-0.15, -0.1) is 0 Å². The van der Waals surface area contributed by atoms with E-state index in [1.807, 2.05) is 0 Å². The SMILES string of the molecule is COCCNC(=O)c1cc(S(=O)(=O)Nc2ccccc2C(=O)OC)ccc1C. The van der Waals surface area contributed by atoms with Gasteiger partial charge in [0.15, 0.2) is 0 Å². The first kappa shape index (κ1) is 21.4. The number of benzene rings is 2. The van der Waals surface area contributed by atoms with Crippen LogP contribution in [-0.2, 0) is 19.5 Å².